The molecule has 154 valence electrons. The number of Topliss-reactive ketones (excluding diaryl/α,β-unsaturated/α-hetero) is 2. The topological polar surface area (TPSA) is 83.6 Å². The number of hydrogen-bond acceptors (Lipinski definition) is 4. The lowest BCUT2D eigenvalue weighted by molar-refractivity contribution is -0.139. The van der Waals surface area contributed by atoms with Crippen LogP contribution in [0.2, 0.25) is 10.0 Å². The SMILES string of the molecule is CC(=O)Nc1cc(Cl)c2c(c1)N1C(=O)C(=O)C(C(=O)C(C)C)C1c1ccc(Cl)cc1-2. The van der Waals surface area contributed by atoms with Crippen molar-refractivity contribution in [3.63, 3.8) is 0 Å². The Morgan fingerprint density at radius 1 is 1.10 bits per heavy atom. The molecule has 2 aliphatic heterocycles. The summed E-state index contributed by atoms with van der Waals surface area (Å²) in [5.41, 5.74) is 2.57. The molecule has 2 amide bonds. The zero-order valence-electron chi connectivity index (χ0n) is 16.5. The smallest absolute Gasteiger partial charge is 0.295 e. The summed E-state index contributed by atoms with van der Waals surface area (Å²) in [6.45, 7) is 4.76. The predicted molar refractivity (Wildman–Crippen MR) is 115 cm³/mol. The van der Waals surface area contributed by atoms with E-state index in [1.165, 1.54) is 11.8 Å². The Balaban J connectivity index is 2.02. The Morgan fingerprint density at radius 3 is 2.43 bits per heavy atom. The maximum Gasteiger partial charge on any atom is 0.295 e. The van der Waals surface area contributed by atoms with Crippen LogP contribution < -0.4 is 10.2 Å². The zero-order valence-corrected chi connectivity index (χ0v) is 18.0. The summed E-state index contributed by atoms with van der Waals surface area (Å²) >= 11 is 12.8. The third-order valence-electron chi connectivity index (χ3n) is 5.43. The van der Waals surface area contributed by atoms with Gasteiger partial charge in [-0.05, 0) is 35.4 Å². The van der Waals surface area contributed by atoms with E-state index in [1.54, 1.807) is 44.2 Å². The first-order chi connectivity index (χ1) is 14.1. The van der Waals surface area contributed by atoms with E-state index in [2.05, 4.69) is 5.32 Å². The molecule has 0 radical (unpaired) electrons. The lowest BCUT2D eigenvalue weighted by atomic mass is 9.80. The van der Waals surface area contributed by atoms with Crippen molar-refractivity contribution in [2.45, 2.75) is 26.8 Å². The normalized spacial score (nSPS) is 19.5. The lowest BCUT2D eigenvalue weighted by Gasteiger charge is -2.36. The van der Waals surface area contributed by atoms with Gasteiger partial charge in [0.2, 0.25) is 11.7 Å². The van der Waals surface area contributed by atoms with Crippen LogP contribution in [0.1, 0.15) is 32.4 Å². The van der Waals surface area contributed by atoms with Crippen LogP contribution in [0.15, 0.2) is 30.3 Å². The number of carbonyl (C=O) groups excluding carboxylic acids is 4. The number of nitrogens with one attached hydrogen (secondary N) is 1. The fraction of sp³-hybridized carbons (Fsp3) is 0.273. The van der Waals surface area contributed by atoms with Gasteiger partial charge < -0.3 is 5.32 Å². The molecular formula is C22H18Cl2N2O4. The summed E-state index contributed by atoms with van der Waals surface area (Å²) in [6.07, 6.45) is 0. The highest BCUT2D eigenvalue weighted by molar-refractivity contribution is 6.49. The average molecular weight is 445 g/mol. The molecule has 1 saturated heterocycles. The summed E-state index contributed by atoms with van der Waals surface area (Å²) in [7, 11) is 0. The molecule has 1 fully saturated rings. The average Bonchev–Trinajstić information content (AvgIpc) is 2.91. The lowest BCUT2D eigenvalue weighted by Crippen LogP contribution is -2.34. The van der Waals surface area contributed by atoms with E-state index in [0.717, 1.165) is 0 Å². The summed E-state index contributed by atoms with van der Waals surface area (Å²) in [6, 6.07) is 7.47. The Labute approximate surface area is 183 Å². The Hall–Kier alpha value is -2.70. The highest BCUT2D eigenvalue weighted by atomic mass is 35.5. The molecule has 6 nitrogen and oxygen atoms in total. The molecule has 0 saturated carbocycles. The summed E-state index contributed by atoms with van der Waals surface area (Å²) in [5, 5.41) is 3.39. The van der Waals surface area contributed by atoms with Crippen LogP contribution in [0.5, 0.6) is 0 Å². The molecule has 0 aliphatic carbocycles. The molecule has 1 N–H and O–H groups in total. The summed E-state index contributed by atoms with van der Waals surface area (Å²) < 4.78 is 0. The maximum atomic E-state index is 13.0. The monoisotopic (exact) mass is 444 g/mol. The van der Waals surface area contributed by atoms with E-state index in [-0.39, 0.29) is 16.7 Å². The number of benzene rings is 2. The Kier molecular flexibility index (Phi) is 4.95. The van der Waals surface area contributed by atoms with Crippen LogP contribution in [-0.2, 0) is 19.2 Å². The van der Waals surface area contributed by atoms with Gasteiger partial charge in [-0.2, -0.15) is 0 Å². The van der Waals surface area contributed by atoms with E-state index in [4.69, 9.17) is 23.2 Å². The van der Waals surface area contributed by atoms with Gasteiger partial charge in [-0.1, -0.05) is 43.1 Å². The summed E-state index contributed by atoms with van der Waals surface area (Å²) in [4.78, 5) is 51.7. The van der Waals surface area contributed by atoms with Crippen molar-refractivity contribution in [3.8, 4) is 11.1 Å². The number of hydrogen-bond donors (Lipinski definition) is 1. The van der Waals surface area contributed by atoms with Crippen LogP contribution in [0.3, 0.4) is 0 Å². The van der Waals surface area contributed by atoms with Crippen LogP contribution in [0.4, 0.5) is 11.4 Å². The maximum absolute atomic E-state index is 13.0. The molecule has 2 unspecified atom stereocenters. The van der Waals surface area contributed by atoms with Crippen LogP contribution in [0.25, 0.3) is 11.1 Å². The highest BCUT2D eigenvalue weighted by Gasteiger charge is 2.55. The van der Waals surface area contributed by atoms with Gasteiger partial charge in [-0.25, -0.2) is 0 Å². The van der Waals surface area contributed by atoms with E-state index < -0.39 is 29.6 Å². The minimum atomic E-state index is -1.12. The molecule has 0 aromatic heterocycles. The van der Waals surface area contributed by atoms with E-state index in [1.807, 2.05) is 0 Å². The van der Waals surface area contributed by atoms with Gasteiger partial charge in [-0.15, -0.1) is 0 Å². The van der Waals surface area contributed by atoms with Gasteiger partial charge in [0.05, 0.1) is 16.8 Å². The Morgan fingerprint density at radius 2 is 1.80 bits per heavy atom. The second-order valence-electron chi connectivity index (χ2n) is 7.78. The number of anilines is 2. The first-order valence-electron chi connectivity index (χ1n) is 9.44. The molecule has 8 heteroatoms. The molecule has 2 heterocycles. The quantitative estimate of drug-likeness (QED) is 0.560. The van der Waals surface area contributed by atoms with Crippen molar-refractivity contribution in [1.82, 2.24) is 0 Å². The third kappa shape index (κ3) is 3.02. The number of fused-ring (bicyclic) bond motifs is 6. The first-order valence-corrected chi connectivity index (χ1v) is 10.2. The Bertz CT molecular complexity index is 1140. The second-order valence-corrected chi connectivity index (χ2v) is 8.63. The van der Waals surface area contributed by atoms with Crippen LogP contribution in [0, 0.1) is 11.8 Å². The molecule has 2 aliphatic rings. The van der Waals surface area contributed by atoms with Gasteiger partial charge in [0.1, 0.15) is 11.7 Å². The number of amides is 2. The molecule has 0 bridgehead atoms. The van der Waals surface area contributed by atoms with Gasteiger partial charge in [0.15, 0.2) is 0 Å². The predicted octanol–water partition coefficient (Wildman–Crippen LogP) is 4.43. The highest BCUT2D eigenvalue weighted by Crippen LogP contribution is 2.54. The van der Waals surface area contributed by atoms with E-state index >= 15 is 0 Å². The van der Waals surface area contributed by atoms with Gasteiger partial charge in [0.25, 0.3) is 5.91 Å². The second kappa shape index (κ2) is 7.22. The number of carbonyl (C=O) groups is 4. The number of ketones is 2. The van der Waals surface area contributed by atoms with E-state index in [0.29, 0.717) is 33.1 Å². The third-order valence-corrected chi connectivity index (χ3v) is 5.97. The number of halogens is 2. The van der Waals surface area contributed by atoms with Crippen molar-refractivity contribution in [2.75, 3.05) is 10.2 Å². The zero-order chi connectivity index (χ0) is 21.9. The number of nitrogens with zero attached hydrogens (tertiary/aromatic N) is 1. The standard InChI is InChI=1S/C22H18Cl2N2O4/c1-9(2)20(28)18-19-13-5-4-11(23)6-14(13)17-15(24)7-12(25-10(3)27)8-16(17)26(19)22(30)21(18)29/h4-9,18-19H,1-3H3,(H,25,27). The largest absolute Gasteiger partial charge is 0.326 e. The van der Waals surface area contributed by atoms with Crippen molar-refractivity contribution in [2.24, 2.45) is 11.8 Å². The minimum absolute atomic E-state index is 0.289. The van der Waals surface area contributed by atoms with Gasteiger partial charge >= 0.3 is 0 Å². The first kappa shape index (κ1) is 20.6. The van der Waals surface area contributed by atoms with Crippen molar-refractivity contribution in [3.05, 3.63) is 45.9 Å². The molecule has 2 aromatic rings. The fourth-order valence-corrected chi connectivity index (χ4v) is 4.71. The van der Waals surface area contributed by atoms with Gasteiger partial charge in [-0.3, -0.25) is 24.1 Å². The molecule has 4 rings (SSSR count). The van der Waals surface area contributed by atoms with E-state index in [9.17, 15) is 19.2 Å². The minimum Gasteiger partial charge on any atom is -0.326 e. The summed E-state index contributed by atoms with van der Waals surface area (Å²) in [5.74, 6) is -3.65. The molecule has 0 spiro atoms. The van der Waals surface area contributed by atoms with Crippen molar-refractivity contribution < 1.29 is 19.2 Å². The molecule has 2 atom stereocenters. The molecule has 2 aromatic carbocycles. The number of rotatable bonds is 3. The fourth-order valence-electron chi connectivity index (χ4n) is 4.22. The van der Waals surface area contributed by atoms with Crippen LogP contribution >= 0.6 is 23.2 Å². The molecule has 30 heavy (non-hydrogen) atoms. The van der Waals surface area contributed by atoms with Gasteiger partial charge in [0, 0.05) is 29.1 Å². The van der Waals surface area contributed by atoms with Crippen molar-refractivity contribution >= 4 is 58.0 Å². The van der Waals surface area contributed by atoms with Crippen LogP contribution in [-0.4, -0.2) is 23.4 Å². The molecular weight excluding hydrogens is 427 g/mol. The van der Waals surface area contributed by atoms with Crippen molar-refractivity contribution in [1.29, 1.82) is 0 Å².